The number of benzene rings is 1. The Labute approximate surface area is 187 Å². The fraction of sp³-hybridized carbons (Fsp3) is 0.308. The first-order valence-electron chi connectivity index (χ1n) is 11.3. The minimum absolute atomic E-state index is 0.0635. The fourth-order valence-electron chi connectivity index (χ4n) is 4.57. The number of hydrogen-bond donors (Lipinski definition) is 2. The number of fused-ring (bicyclic) bond motifs is 1. The number of furan rings is 1. The lowest BCUT2D eigenvalue weighted by Crippen LogP contribution is -2.33. The second kappa shape index (κ2) is 9.01. The van der Waals surface area contributed by atoms with Crippen molar-refractivity contribution in [3.63, 3.8) is 0 Å². The standard InChI is InChI=1S/C26H27N3O3/c30-25(27-12-15-29-13-3-4-14-29)19-7-5-6-18(16-19)24-11-10-20(32-24)17-22-21-8-1-2-9-23(21)28-26(22)31/h1-2,5-7,9-11,16-17,21H,3-4,8,12-15H2,(H,27,30)(H,28,31)/b22-17+. The van der Waals surface area contributed by atoms with Crippen LogP contribution in [0.15, 0.2) is 70.3 Å². The van der Waals surface area contributed by atoms with Crippen molar-refractivity contribution in [2.45, 2.75) is 19.3 Å². The number of hydrogen-bond acceptors (Lipinski definition) is 4. The minimum atomic E-state index is -0.0766. The van der Waals surface area contributed by atoms with Crippen LogP contribution in [0, 0.1) is 5.92 Å². The maximum atomic E-state index is 12.6. The van der Waals surface area contributed by atoms with Gasteiger partial charge < -0.3 is 20.0 Å². The monoisotopic (exact) mass is 429 g/mol. The van der Waals surface area contributed by atoms with Gasteiger partial charge in [0.1, 0.15) is 11.5 Å². The second-order valence-corrected chi connectivity index (χ2v) is 8.48. The summed E-state index contributed by atoms with van der Waals surface area (Å²) in [5, 5.41) is 5.95. The van der Waals surface area contributed by atoms with E-state index in [1.807, 2.05) is 54.6 Å². The van der Waals surface area contributed by atoms with Crippen molar-refractivity contribution in [1.82, 2.24) is 15.5 Å². The molecule has 2 saturated heterocycles. The molecule has 2 fully saturated rings. The average Bonchev–Trinajstić information content (AvgIpc) is 3.56. The van der Waals surface area contributed by atoms with Crippen molar-refractivity contribution in [3.8, 4) is 11.3 Å². The van der Waals surface area contributed by atoms with E-state index in [2.05, 4.69) is 21.6 Å². The first-order chi connectivity index (χ1) is 15.7. The SMILES string of the molecule is O=C1NC2=CC=CCC2/C1=C\c1ccc(-c2cccc(C(=O)NCCN3CCCC3)c2)o1. The third kappa shape index (κ3) is 4.32. The minimum Gasteiger partial charge on any atom is -0.457 e. The molecule has 2 aromatic rings. The highest BCUT2D eigenvalue weighted by atomic mass is 16.3. The lowest BCUT2D eigenvalue weighted by atomic mass is 9.92. The topological polar surface area (TPSA) is 74.6 Å². The summed E-state index contributed by atoms with van der Waals surface area (Å²) in [4.78, 5) is 27.3. The van der Waals surface area contributed by atoms with E-state index < -0.39 is 0 Å². The summed E-state index contributed by atoms with van der Waals surface area (Å²) >= 11 is 0. The number of amides is 2. The molecule has 6 nitrogen and oxygen atoms in total. The Morgan fingerprint density at radius 3 is 2.97 bits per heavy atom. The Kier molecular flexibility index (Phi) is 5.77. The van der Waals surface area contributed by atoms with E-state index in [4.69, 9.17) is 4.42 Å². The number of nitrogens with zero attached hydrogens (tertiary/aromatic N) is 1. The molecule has 3 heterocycles. The summed E-state index contributed by atoms with van der Waals surface area (Å²) < 4.78 is 6.01. The Balaban J connectivity index is 1.27. The molecule has 1 aliphatic carbocycles. The van der Waals surface area contributed by atoms with Gasteiger partial charge in [-0.25, -0.2) is 0 Å². The fourth-order valence-corrected chi connectivity index (χ4v) is 4.57. The lowest BCUT2D eigenvalue weighted by Gasteiger charge is -2.14. The first-order valence-corrected chi connectivity index (χ1v) is 11.3. The Morgan fingerprint density at radius 2 is 2.09 bits per heavy atom. The molecule has 5 rings (SSSR count). The molecule has 0 saturated carbocycles. The summed E-state index contributed by atoms with van der Waals surface area (Å²) in [6.45, 7) is 3.79. The summed E-state index contributed by atoms with van der Waals surface area (Å²) in [6.07, 6.45) is 11.1. The van der Waals surface area contributed by atoms with Gasteiger partial charge in [-0.15, -0.1) is 0 Å². The van der Waals surface area contributed by atoms with E-state index in [0.717, 1.165) is 37.3 Å². The Bertz CT molecular complexity index is 1120. The van der Waals surface area contributed by atoms with Crippen molar-refractivity contribution < 1.29 is 14.0 Å². The molecule has 1 unspecified atom stereocenters. The van der Waals surface area contributed by atoms with E-state index in [1.54, 1.807) is 0 Å². The molecular formula is C26H27N3O3. The van der Waals surface area contributed by atoms with E-state index in [9.17, 15) is 9.59 Å². The Hall–Kier alpha value is -3.38. The van der Waals surface area contributed by atoms with E-state index in [-0.39, 0.29) is 17.7 Å². The first kappa shape index (κ1) is 20.5. The van der Waals surface area contributed by atoms with Crippen LogP contribution < -0.4 is 10.6 Å². The molecule has 2 N–H and O–H groups in total. The molecule has 3 aliphatic rings. The predicted octanol–water partition coefficient (Wildman–Crippen LogP) is 3.75. The number of rotatable bonds is 6. The zero-order valence-electron chi connectivity index (χ0n) is 18.0. The molecule has 0 spiro atoms. The molecule has 2 aliphatic heterocycles. The van der Waals surface area contributed by atoms with Crippen molar-refractivity contribution >= 4 is 17.9 Å². The normalized spacial score (nSPS) is 21.5. The highest BCUT2D eigenvalue weighted by Crippen LogP contribution is 2.34. The number of allylic oxidation sites excluding steroid dienone is 4. The van der Waals surface area contributed by atoms with Gasteiger partial charge in [0.25, 0.3) is 11.8 Å². The van der Waals surface area contributed by atoms with Gasteiger partial charge in [0, 0.05) is 41.4 Å². The summed E-state index contributed by atoms with van der Waals surface area (Å²) in [5.41, 5.74) is 3.10. The highest BCUT2D eigenvalue weighted by Gasteiger charge is 2.33. The molecule has 1 aromatic heterocycles. The number of nitrogens with one attached hydrogen (secondary N) is 2. The van der Waals surface area contributed by atoms with Crippen LogP contribution in [0.25, 0.3) is 17.4 Å². The van der Waals surface area contributed by atoms with Gasteiger partial charge in [-0.2, -0.15) is 0 Å². The van der Waals surface area contributed by atoms with Crippen LogP contribution in [0.2, 0.25) is 0 Å². The molecule has 6 heteroatoms. The second-order valence-electron chi connectivity index (χ2n) is 8.48. The summed E-state index contributed by atoms with van der Waals surface area (Å²) in [7, 11) is 0. The van der Waals surface area contributed by atoms with E-state index in [1.165, 1.54) is 12.8 Å². The number of likely N-dealkylation sites (tertiary alicyclic amines) is 1. The van der Waals surface area contributed by atoms with Crippen LogP contribution in [-0.2, 0) is 4.79 Å². The van der Waals surface area contributed by atoms with E-state index >= 15 is 0 Å². The average molecular weight is 430 g/mol. The predicted molar refractivity (Wildman–Crippen MR) is 124 cm³/mol. The summed E-state index contributed by atoms with van der Waals surface area (Å²) in [5.74, 6) is 1.21. The molecule has 1 atom stereocenters. The zero-order valence-corrected chi connectivity index (χ0v) is 18.0. The Morgan fingerprint density at radius 1 is 1.22 bits per heavy atom. The molecule has 0 bridgehead atoms. The van der Waals surface area contributed by atoms with Crippen molar-refractivity contribution in [1.29, 1.82) is 0 Å². The maximum absolute atomic E-state index is 12.6. The van der Waals surface area contributed by atoms with Crippen LogP contribution in [0.5, 0.6) is 0 Å². The largest absolute Gasteiger partial charge is 0.457 e. The van der Waals surface area contributed by atoms with Crippen LogP contribution in [0.1, 0.15) is 35.4 Å². The van der Waals surface area contributed by atoms with Crippen LogP contribution >= 0.6 is 0 Å². The van der Waals surface area contributed by atoms with E-state index in [0.29, 0.717) is 29.2 Å². The highest BCUT2D eigenvalue weighted by molar-refractivity contribution is 6.03. The molecular weight excluding hydrogens is 402 g/mol. The van der Waals surface area contributed by atoms with Crippen LogP contribution in [0.4, 0.5) is 0 Å². The number of carbonyl (C=O) groups is 2. The third-order valence-electron chi connectivity index (χ3n) is 6.30. The van der Waals surface area contributed by atoms with Gasteiger partial charge in [0.2, 0.25) is 0 Å². The molecule has 2 amide bonds. The lowest BCUT2D eigenvalue weighted by molar-refractivity contribution is -0.115. The van der Waals surface area contributed by atoms with Gasteiger partial charge in [-0.05, 0) is 68.8 Å². The third-order valence-corrected chi connectivity index (χ3v) is 6.30. The van der Waals surface area contributed by atoms with Crippen molar-refractivity contribution in [2.75, 3.05) is 26.2 Å². The van der Waals surface area contributed by atoms with Gasteiger partial charge in [0.15, 0.2) is 0 Å². The smallest absolute Gasteiger partial charge is 0.252 e. The maximum Gasteiger partial charge on any atom is 0.252 e. The molecule has 164 valence electrons. The van der Waals surface area contributed by atoms with Crippen molar-refractivity contribution in [3.05, 3.63) is 77.2 Å². The van der Waals surface area contributed by atoms with Gasteiger partial charge in [-0.3, -0.25) is 9.59 Å². The number of carbonyl (C=O) groups excluding carboxylic acids is 2. The van der Waals surface area contributed by atoms with Gasteiger partial charge >= 0.3 is 0 Å². The van der Waals surface area contributed by atoms with Gasteiger partial charge in [-0.1, -0.05) is 24.3 Å². The van der Waals surface area contributed by atoms with Crippen molar-refractivity contribution in [2.24, 2.45) is 5.92 Å². The summed E-state index contributed by atoms with van der Waals surface area (Å²) in [6, 6.07) is 11.2. The molecule has 32 heavy (non-hydrogen) atoms. The quantitative estimate of drug-likeness (QED) is 0.686. The van der Waals surface area contributed by atoms with Crippen LogP contribution in [-0.4, -0.2) is 42.9 Å². The zero-order chi connectivity index (χ0) is 21.9. The molecule has 1 aromatic carbocycles. The van der Waals surface area contributed by atoms with Gasteiger partial charge in [0.05, 0.1) is 0 Å². The molecule has 0 radical (unpaired) electrons. The van der Waals surface area contributed by atoms with Crippen LogP contribution in [0.3, 0.4) is 0 Å².